The average Bonchev–Trinajstić information content (AvgIpc) is 3.60. The molecule has 0 bridgehead atoms. The van der Waals surface area contributed by atoms with Crippen LogP contribution in [0.15, 0.2) is 0 Å². The number of rotatable bonds is 9. The summed E-state index contributed by atoms with van der Waals surface area (Å²) in [5.41, 5.74) is -1.44. The van der Waals surface area contributed by atoms with Crippen LogP contribution >= 0.6 is 0 Å². The number of hydrogen-bond acceptors (Lipinski definition) is 6. The predicted octanol–water partition coefficient (Wildman–Crippen LogP) is 6.07. The zero-order chi connectivity index (χ0) is 26.4. The van der Waals surface area contributed by atoms with Crippen LogP contribution in [0.3, 0.4) is 0 Å². The first-order chi connectivity index (χ1) is 16.1. The third-order valence-electron chi connectivity index (χ3n) is 6.58. The predicted molar refractivity (Wildman–Crippen MR) is 137 cm³/mol. The Kier molecular flexibility index (Phi) is 10.5. The summed E-state index contributed by atoms with van der Waals surface area (Å²) in [6.45, 7) is 15.9. The van der Waals surface area contributed by atoms with Gasteiger partial charge in [0.2, 0.25) is 0 Å². The van der Waals surface area contributed by atoms with Crippen LogP contribution in [0.4, 0.5) is 4.79 Å². The molecule has 1 amide bonds. The highest BCUT2D eigenvalue weighted by Crippen LogP contribution is 2.38. The molecule has 7 heteroatoms. The largest absolute Gasteiger partial charge is 0.460 e. The number of hydrogen-bond donors (Lipinski definition) is 1. The first kappa shape index (κ1) is 29.9. The maximum absolute atomic E-state index is 12.4. The van der Waals surface area contributed by atoms with E-state index in [2.05, 4.69) is 0 Å². The van der Waals surface area contributed by atoms with Gasteiger partial charge in [-0.05, 0) is 92.4 Å². The van der Waals surface area contributed by atoms with E-state index in [1.54, 1.807) is 4.90 Å². The average molecular weight is 498 g/mol. The molecule has 204 valence electrons. The molecule has 3 aliphatic rings. The molecular weight excluding hydrogens is 446 g/mol. The van der Waals surface area contributed by atoms with Crippen molar-refractivity contribution in [1.29, 1.82) is 0 Å². The topological polar surface area (TPSA) is 85.3 Å². The van der Waals surface area contributed by atoms with Crippen molar-refractivity contribution in [2.75, 3.05) is 13.2 Å². The molecular formula is C28H51NO6. The van der Waals surface area contributed by atoms with Crippen molar-refractivity contribution >= 4 is 12.1 Å². The summed E-state index contributed by atoms with van der Waals surface area (Å²) in [5.74, 6) is 1.62. The van der Waals surface area contributed by atoms with Crippen molar-refractivity contribution in [2.45, 2.75) is 136 Å². The molecule has 2 aliphatic carbocycles. The zero-order valence-electron chi connectivity index (χ0n) is 23.5. The highest BCUT2D eigenvalue weighted by atomic mass is 16.6. The van der Waals surface area contributed by atoms with Gasteiger partial charge in [0.05, 0.1) is 19.1 Å². The quantitative estimate of drug-likeness (QED) is 0.389. The Morgan fingerprint density at radius 3 is 1.97 bits per heavy atom. The van der Waals surface area contributed by atoms with E-state index >= 15 is 0 Å². The van der Waals surface area contributed by atoms with Crippen LogP contribution < -0.4 is 0 Å². The second kappa shape index (κ2) is 12.3. The summed E-state index contributed by atoms with van der Waals surface area (Å²) in [4.78, 5) is 25.7. The highest BCUT2D eigenvalue weighted by Gasteiger charge is 2.45. The highest BCUT2D eigenvalue weighted by molar-refractivity contribution is 5.70. The van der Waals surface area contributed by atoms with Gasteiger partial charge in [-0.15, -0.1) is 0 Å². The molecule has 1 heterocycles. The molecule has 1 N–H and O–H groups in total. The molecule has 0 aromatic heterocycles. The van der Waals surface area contributed by atoms with Crippen LogP contribution in [-0.4, -0.2) is 58.3 Å². The number of aliphatic hydroxyl groups excluding tert-OH is 1. The summed E-state index contributed by atoms with van der Waals surface area (Å²) in [5, 5.41) is 9.20. The smallest absolute Gasteiger partial charge is 0.412 e. The molecule has 0 spiro atoms. The fourth-order valence-electron chi connectivity index (χ4n) is 4.37. The van der Waals surface area contributed by atoms with Gasteiger partial charge in [0.25, 0.3) is 0 Å². The number of esters is 1. The first-order valence-corrected chi connectivity index (χ1v) is 13.6. The SMILES string of the molecule is CC(C)(C)OC(=O)C[C@H](CO)CCC1CC1.CC(C)(C)OC(=O)N1[C@@H](CCC2CC2)COC1(C)C. The second-order valence-corrected chi connectivity index (χ2v) is 13.1. The van der Waals surface area contributed by atoms with Crippen LogP contribution in [0.2, 0.25) is 0 Å². The fourth-order valence-corrected chi connectivity index (χ4v) is 4.37. The monoisotopic (exact) mass is 497 g/mol. The maximum atomic E-state index is 12.4. The Morgan fingerprint density at radius 1 is 0.943 bits per heavy atom. The summed E-state index contributed by atoms with van der Waals surface area (Å²) < 4.78 is 16.5. The molecule has 0 radical (unpaired) electrons. The van der Waals surface area contributed by atoms with E-state index in [9.17, 15) is 14.7 Å². The Bertz CT molecular complexity index is 685. The Morgan fingerprint density at radius 2 is 1.49 bits per heavy atom. The van der Waals surface area contributed by atoms with Crippen LogP contribution in [0.25, 0.3) is 0 Å². The van der Waals surface area contributed by atoms with E-state index in [-0.39, 0.29) is 30.6 Å². The van der Waals surface area contributed by atoms with E-state index in [0.717, 1.165) is 31.1 Å². The van der Waals surface area contributed by atoms with Crippen molar-refractivity contribution in [3.8, 4) is 0 Å². The standard InChI is InChI=1S/C15H27NO3.C13H24O3/c1-14(2,3)19-13(17)16-12(9-8-11-6-7-11)10-18-15(16,4)5;1-13(2,3)16-12(15)8-11(9-14)7-6-10-4-5-10/h11-12H,6-10H2,1-5H3;10-11,14H,4-9H2,1-3H3/t12-;11-/m01/s1. The summed E-state index contributed by atoms with van der Waals surface area (Å²) in [6.07, 6.45) is 9.75. The molecule has 0 aromatic rings. The van der Waals surface area contributed by atoms with E-state index < -0.39 is 16.9 Å². The molecule has 7 nitrogen and oxygen atoms in total. The molecule has 0 unspecified atom stereocenters. The molecule has 3 rings (SSSR count). The molecule has 2 saturated carbocycles. The lowest BCUT2D eigenvalue weighted by Gasteiger charge is -2.35. The van der Waals surface area contributed by atoms with Crippen LogP contribution in [-0.2, 0) is 19.0 Å². The van der Waals surface area contributed by atoms with Gasteiger partial charge in [-0.3, -0.25) is 9.69 Å². The zero-order valence-corrected chi connectivity index (χ0v) is 23.5. The van der Waals surface area contributed by atoms with Crippen molar-refractivity contribution in [2.24, 2.45) is 17.8 Å². The summed E-state index contributed by atoms with van der Waals surface area (Å²) >= 11 is 0. The number of aliphatic hydroxyl groups is 1. The number of ether oxygens (including phenoxy) is 3. The van der Waals surface area contributed by atoms with E-state index in [4.69, 9.17) is 14.2 Å². The third kappa shape index (κ3) is 12.0. The second-order valence-electron chi connectivity index (χ2n) is 13.1. The Hall–Kier alpha value is -1.34. The lowest BCUT2D eigenvalue weighted by Crippen LogP contribution is -2.49. The van der Waals surface area contributed by atoms with Crippen LogP contribution in [0, 0.1) is 17.8 Å². The Labute approximate surface area is 213 Å². The van der Waals surface area contributed by atoms with Gasteiger partial charge in [-0.25, -0.2) is 4.79 Å². The number of carbonyl (C=O) groups excluding carboxylic acids is 2. The molecule has 1 aliphatic heterocycles. The van der Waals surface area contributed by atoms with Crippen molar-refractivity contribution in [1.82, 2.24) is 4.90 Å². The van der Waals surface area contributed by atoms with Crippen molar-refractivity contribution in [3.63, 3.8) is 0 Å². The van der Waals surface area contributed by atoms with Gasteiger partial charge in [0.1, 0.15) is 16.9 Å². The molecule has 1 saturated heterocycles. The van der Waals surface area contributed by atoms with Crippen molar-refractivity contribution in [3.05, 3.63) is 0 Å². The molecule has 2 atom stereocenters. The van der Waals surface area contributed by atoms with Gasteiger partial charge in [-0.1, -0.05) is 32.1 Å². The van der Waals surface area contributed by atoms with E-state index in [1.165, 1.54) is 32.1 Å². The minimum Gasteiger partial charge on any atom is -0.460 e. The van der Waals surface area contributed by atoms with Gasteiger partial charge in [0.15, 0.2) is 0 Å². The molecule has 3 fully saturated rings. The maximum Gasteiger partial charge on any atom is 0.412 e. The number of amides is 1. The van der Waals surface area contributed by atoms with E-state index in [1.807, 2.05) is 55.4 Å². The van der Waals surface area contributed by atoms with Crippen LogP contribution in [0.5, 0.6) is 0 Å². The van der Waals surface area contributed by atoms with Crippen LogP contribution in [0.1, 0.15) is 113 Å². The van der Waals surface area contributed by atoms with Gasteiger partial charge in [-0.2, -0.15) is 0 Å². The normalized spacial score (nSPS) is 22.8. The first-order valence-electron chi connectivity index (χ1n) is 13.6. The van der Waals surface area contributed by atoms with E-state index in [0.29, 0.717) is 13.0 Å². The minimum atomic E-state index is -0.559. The number of nitrogens with zero attached hydrogens (tertiary/aromatic N) is 1. The van der Waals surface area contributed by atoms with Gasteiger partial charge >= 0.3 is 12.1 Å². The third-order valence-corrected chi connectivity index (χ3v) is 6.58. The molecule has 35 heavy (non-hydrogen) atoms. The van der Waals surface area contributed by atoms with Gasteiger partial charge < -0.3 is 19.3 Å². The van der Waals surface area contributed by atoms with Crippen molar-refractivity contribution < 1.29 is 28.9 Å². The fraction of sp³-hybridized carbons (Fsp3) is 0.929. The number of carbonyl (C=O) groups is 2. The molecule has 0 aromatic carbocycles. The minimum absolute atomic E-state index is 0.0791. The summed E-state index contributed by atoms with van der Waals surface area (Å²) in [7, 11) is 0. The van der Waals surface area contributed by atoms with Gasteiger partial charge in [0, 0.05) is 6.61 Å². The summed E-state index contributed by atoms with van der Waals surface area (Å²) in [6, 6.07) is 0.158. The lowest BCUT2D eigenvalue weighted by atomic mass is 9.98. The lowest BCUT2D eigenvalue weighted by molar-refractivity contribution is -0.156. The Balaban J connectivity index is 0.000000251.